The van der Waals surface area contributed by atoms with Crippen LogP contribution in [0.15, 0.2) is 29.3 Å². The standard InChI is InChI=1S/C19H31FN4O2S/c1-5-21-18(22-10-15-27(25,26)19(2,3)4)24-13-11-23(12-14-24)17-9-7-6-8-16(17)20/h6-9H,5,10-15H2,1-4H3,(H,21,22). The second-order valence-electron chi connectivity index (χ2n) is 7.59. The van der Waals surface area contributed by atoms with Crippen molar-refractivity contribution in [2.24, 2.45) is 4.99 Å². The van der Waals surface area contributed by atoms with Crippen molar-refractivity contribution in [1.29, 1.82) is 0 Å². The Labute approximate surface area is 162 Å². The van der Waals surface area contributed by atoms with Crippen LogP contribution >= 0.6 is 0 Å². The van der Waals surface area contributed by atoms with Gasteiger partial charge in [0.2, 0.25) is 0 Å². The minimum atomic E-state index is -3.19. The predicted molar refractivity (Wildman–Crippen MR) is 110 cm³/mol. The van der Waals surface area contributed by atoms with Gasteiger partial charge in [0.1, 0.15) is 5.82 Å². The number of para-hydroxylation sites is 1. The molecule has 0 bridgehead atoms. The molecule has 1 aromatic rings. The van der Waals surface area contributed by atoms with Gasteiger partial charge >= 0.3 is 0 Å². The van der Waals surface area contributed by atoms with E-state index in [0.29, 0.717) is 38.4 Å². The second-order valence-corrected chi connectivity index (χ2v) is 10.5. The fourth-order valence-corrected chi connectivity index (χ4v) is 3.82. The van der Waals surface area contributed by atoms with E-state index in [0.717, 1.165) is 5.96 Å². The highest BCUT2D eigenvalue weighted by molar-refractivity contribution is 7.92. The number of nitrogens with one attached hydrogen (secondary N) is 1. The van der Waals surface area contributed by atoms with Gasteiger partial charge < -0.3 is 15.1 Å². The molecule has 0 aromatic heterocycles. The fraction of sp³-hybridized carbons (Fsp3) is 0.632. The van der Waals surface area contributed by atoms with Crippen LogP contribution in [0.1, 0.15) is 27.7 Å². The van der Waals surface area contributed by atoms with Crippen LogP contribution in [0.3, 0.4) is 0 Å². The van der Waals surface area contributed by atoms with Crippen molar-refractivity contribution in [2.75, 3.05) is 49.9 Å². The maximum Gasteiger partial charge on any atom is 0.194 e. The summed E-state index contributed by atoms with van der Waals surface area (Å²) in [6.07, 6.45) is 0. The summed E-state index contributed by atoms with van der Waals surface area (Å²) >= 11 is 0. The van der Waals surface area contributed by atoms with E-state index in [1.165, 1.54) is 6.07 Å². The first-order chi connectivity index (χ1) is 12.7. The molecule has 1 aliphatic heterocycles. The third kappa shape index (κ3) is 5.57. The molecule has 0 unspecified atom stereocenters. The molecule has 152 valence electrons. The molecule has 2 rings (SSSR count). The van der Waals surface area contributed by atoms with Crippen molar-refractivity contribution in [3.63, 3.8) is 0 Å². The molecule has 8 heteroatoms. The van der Waals surface area contributed by atoms with Gasteiger partial charge in [0.05, 0.1) is 22.7 Å². The molecule has 27 heavy (non-hydrogen) atoms. The molecule has 1 N–H and O–H groups in total. The number of nitrogens with zero attached hydrogens (tertiary/aromatic N) is 3. The Morgan fingerprint density at radius 3 is 2.37 bits per heavy atom. The third-order valence-corrected chi connectivity index (χ3v) is 7.25. The zero-order chi connectivity index (χ0) is 20.1. The highest BCUT2D eigenvalue weighted by Crippen LogP contribution is 2.20. The summed E-state index contributed by atoms with van der Waals surface area (Å²) in [5, 5.41) is 3.23. The van der Waals surface area contributed by atoms with Crippen molar-refractivity contribution in [3.8, 4) is 0 Å². The molecule has 0 amide bonds. The lowest BCUT2D eigenvalue weighted by molar-refractivity contribution is 0.371. The average Bonchev–Trinajstić information content (AvgIpc) is 2.60. The lowest BCUT2D eigenvalue weighted by Gasteiger charge is -2.37. The van der Waals surface area contributed by atoms with Gasteiger partial charge in [-0.1, -0.05) is 12.1 Å². The highest BCUT2D eigenvalue weighted by Gasteiger charge is 2.28. The number of piperazine rings is 1. The molecule has 1 aromatic carbocycles. The van der Waals surface area contributed by atoms with Crippen LogP contribution in [0.5, 0.6) is 0 Å². The van der Waals surface area contributed by atoms with Crippen molar-refractivity contribution in [2.45, 2.75) is 32.4 Å². The molecule has 0 aliphatic carbocycles. The van der Waals surface area contributed by atoms with E-state index in [9.17, 15) is 12.8 Å². The Hall–Kier alpha value is -1.83. The molecule has 1 fully saturated rings. The number of benzene rings is 1. The molecule has 0 spiro atoms. The maximum atomic E-state index is 14.0. The van der Waals surface area contributed by atoms with E-state index in [1.54, 1.807) is 32.9 Å². The minimum Gasteiger partial charge on any atom is -0.366 e. The second kappa shape index (κ2) is 8.91. The Morgan fingerprint density at radius 2 is 1.81 bits per heavy atom. The number of halogens is 1. The monoisotopic (exact) mass is 398 g/mol. The van der Waals surface area contributed by atoms with Crippen molar-refractivity contribution < 1.29 is 12.8 Å². The molecule has 0 radical (unpaired) electrons. The smallest absolute Gasteiger partial charge is 0.194 e. The zero-order valence-electron chi connectivity index (χ0n) is 16.7. The first-order valence-electron chi connectivity index (χ1n) is 9.41. The number of aliphatic imine (C=N–C) groups is 1. The lowest BCUT2D eigenvalue weighted by atomic mass is 10.2. The van der Waals surface area contributed by atoms with Crippen LogP contribution < -0.4 is 10.2 Å². The van der Waals surface area contributed by atoms with Crippen LogP contribution in [0.2, 0.25) is 0 Å². The predicted octanol–water partition coefficient (Wildman–Crippen LogP) is 2.13. The number of sulfone groups is 1. The summed E-state index contributed by atoms with van der Waals surface area (Å²) in [4.78, 5) is 8.64. The summed E-state index contributed by atoms with van der Waals surface area (Å²) in [5.41, 5.74) is 0.621. The molecule has 6 nitrogen and oxygen atoms in total. The molecule has 1 aliphatic rings. The first kappa shape index (κ1) is 21.5. The van der Waals surface area contributed by atoms with E-state index < -0.39 is 14.6 Å². The summed E-state index contributed by atoms with van der Waals surface area (Å²) in [6.45, 7) is 10.8. The van der Waals surface area contributed by atoms with E-state index in [-0.39, 0.29) is 18.1 Å². The Balaban J connectivity index is 1.99. The van der Waals surface area contributed by atoms with Gasteiger partial charge in [-0.05, 0) is 39.8 Å². The number of guanidine groups is 1. The van der Waals surface area contributed by atoms with Crippen molar-refractivity contribution >= 4 is 21.5 Å². The minimum absolute atomic E-state index is 0.0284. The van der Waals surface area contributed by atoms with Gasteiger partial charge in [-0.3, -0.25) is 4.99 Å². The number of hydrogen-bond acceptors (Lipinski definition) is 4. The van der Waals surface area contributed by atoms with Crippen molar-refractivity contribution in [3.05, 3.63) is 30.1 Å². The summed E-state index contributed by atoms with van der Waals surface area (Å²) in [5.74, 6) is 0.536. The van der Waals surface area contributed by atoms with Crippen LogP contribution in [0.4, 0.5) is 10.1 Å². The molecule has 1 saturated heterocycles. The molecule has 1 heterocycles. The Morgan fingerprint density at radius 1 is 1.19 bits per heavy atom. The van der Waals surface area contributed by atoms with Gasteiger partial charge in [0, 0.05) is 32.7 Å². The van der Waals surface area contributed by atoms with E-state index in [4.69, 9.17) is 0 Å². The van der Waals surface area contributed by atoms with E-state index in [1.807, 2.05) is 17.9 Å². The van der Waals surface area contributed by atoms with Crippen LogP contribution in [0, 0.1) is 5.82 Å². The zero-order valence-corrected chi connectivity index (χ0v) is 17.5. The quantitative estimate of drug-likeness (QED) is 0.608. The maximum absolute atomic E-state index is 14.0. The number of anilines is 1. The van der Waals surface area contributed by atoms with Gasteiger partial charge in [-0.2, -0.15) is 0 Å². The van der Waals surface area contributed by atoms with Gasteiger partial charge in [-0.15, -0.1) is 0 Å². The SMILES string of the molecule is CCNC(=NCCS(=O)(=O)C(C)(C)C)N1CCN(c2ccccc2F)CC1. The topological polar surface area (TPSA) is 65.0 Å². The normalized spacial score (nSPS) is 16.6. The third-order valence-electron chi connectivity index (χ3n) is 4.66. The molecular weight excluding hydrogens is 367 g/mol. The summed E-state index contributed by atoms with van der Waals surface area (Å²) < 4.78 is 37.7. The van der Waals surface area contributed by atoms with Gasteiger partial charge in [-0.25, -0.2) is 12.8 Å². The highest BCUT2D eigenvalue weighted by atomic mass is 32.2. The summed E-state index contributed by atoms with van der Waals surface area (Å²) in [7, 11) is -3.19. The first-order valence-corrected chi connectivity index (χ1v) is 11.1. The van der Waals surface area contributed by atoms with Gasteiger partial charge in [0.25, 0.3) is 0 Å². The van der Waals surface area contributed by atoms with Crippen LogP contribution in [-0.4, -0.2) is 69.0 Å². The van der Waals surface area contributed by atoms with Crippen LogP contribution in [-0.2, 0) is 9.84 Å². The molecular formula is C19H31FN4O2S. The van der Waals surface area contributed by atoms with E-state index in [2.05, 4.69) is 15.2 Å². The number of hydrogen-bond donors (Lipinski definition) is 1. The Kier molecular flexibility index (Phi) is 7.08. The summed E-state index contributed by atoms with van der Waals surface area (Å²) in [6, 6.07) is 6.80. The lowest BCUT2D eigenvalue weighted by Crippen LogP contribution is -2.52. The van der Waals surface area contributed by atoms with Crippen molar-refractivity contribution in [1.82, 2.24) is 10.2 Å². The Bertz CT molecular complexity index is 751. The molecule has 0 saturated carbocycles. The van der Waals surface area contributed by atoms with Crippen LogP contribution in [0.25, 0.3) is 0 Å². The fourth-order valence-electron chi connectivity index (χ4n) is 2.87. The largest absolute Gasteiger partial charge is 0.366 e. The van der Waals surface area contributed by atoms with E-state index >= 15 is 0 Å². The van der Waals surface area contributed by atoms with Gasteiger partial charge in [0.15, 0.2) is 15.8 Å². The molecule has 0 atom stereocenters. The average molecular weight is 399 g/mol. The number of rotatable bonds is 5.